The number of alkyl halides is 6. The number of benzene rings is 1. The third-order valence-corrected chi connectivity index (χ3v) is 5.69. The summed E-state index contributed by atoms with van der Waals surface area (Å²) in [7, 11) is -4.25. The van der Waals surface area contributed by atoms with Crippen molar-refractivity contribution >= 4 is 10.0 Å². The molecule has 0 amide bonds. The molecule has 0 bridgehead atoms. The number of aromatic nitrogens is 1. The van der Waals surface area contributed by atoms with Crippen molar-refractivity contribution in [3.63, 3.8) is 0 Å². The lowest BCUT2D eigenvalue weighted by atomic mass is 10.00. The molecule has 0 spiro atoms. The molecule has 1 aromatic carbocycles. The Hall–Kier alpha value is -2.21. The first-order valence-electron chi connectivity index (χ1n) is 7.48. The molecule has 12 heteroatoms. The fourth-order valence-corrected chi connectivity index (χ4v) is 3.93. The number of hydrogen-bond acceptors (Lipinski definition) is 3. The number of sulfonamides is 1. The van der Waals surface area contributed by atoms with Crippen molar-refractivity contribution in [2.45, 2.75) is 30.2 Å². The van der Waals surface area contributed by atoms with E-state index in [1.807, 2.05) is 0 Å². The van der Waals surface area contributed by atoms with E-state index >= 15 is 0 Å². The molecule has 0 aliphatic heterocycles. The van der Waals surface area contributed by atoms with Crippen molar-refractivity contribution in [2.24, 2.45) is 0 Å². The summed E-state index contributed by atoms with van der Waals surface area (Å²) in [6.45, 7) is 0.963. The van der Waals surface area contributed by atoms with Crippen LogP contribution in [-0.4, -0.2) is 30.9 Å². The number of rotatable bonds is 4. The van der Waals surface area contributed by atoms with Gasteiger partial charge in [-0.3, -0.25) is 4.98 Å². The van der Waals surface area contributed by atoms with E-state index < -0.39 is 55.8 Å². The maximum Gasteiger partial charge on any atom is 0.416 e. The summed E-state index contributed by atoms with van der Waals surface area (Å²) in [4.78, 5) is 2.47. The summed E-state index contributed by atoms with van der Waals surface area (Å²) in [5.74, 6) is -1.08. The lowest BCUT2D eigenvalue weighted by molar-refractivity contribution is -0.171. The fraction of sp³-hybridized carbons (Fsp3) is 0.312. The molecule has 1 atom stereocenters. The van der Waals surface area contributed by atoms with Gasteiger partial charge in [0.25, 0.3) is 0 Å². The van der Waals surface area contributed by atoms with E-state index in [-0.39, 0.29) is 4.31 Å². The monoisotopic (exact) mass is 430 g/mol. The van der Waals surface area contributed by atoms with E-state index in [9.17, 15) is 39.2 Å². The predicted molar refractivity (Wildman–Crippen MR) is 84.1 cm³/mol. The average Bonchev–Trinajstić information content (AvgIpc) is 2.52. The molecule has 28 heavy (non-hydrogen) atoms. The Labute approximate surface area is 155 Å². The molecule has 0 saturated heterocycles. The van der Waals surface area contributed by atoms with E-state index in [4.69, 9.17) is 0 Å². The Bertz CT molecular complexity index is 972. The summed E-state index contributed by atoms with van der Waals surface area (Å²) in [6.07, 6.45) is -8.60. The Kier molecular flexibility index (Phi) is 5.77. The molecule has 0 N–H and O–H groups in total. The smallest absolute Gasteiger partial charge is 0.260 e. The second-order valence-corrected chi connectivity index (χ2v) is 7.87. The molecule has 1 heterocycles. The van der Waals surface area contributed by atoms with Gasteiger partial charge in [-0.1, -0.05) is 12.1 Å². The number of pyridine rings is 1. The molecule has 0 radical (unpaired) electrons. The highest BCUT2D eigenvalue weighted by molar-refractivity contribution is 7.89. The van der Waals surface area contributed by atoms with Gasteiger partial charge in [0.05, 0.1) is 11.8 Å². The molecular weight excluding hydrogens is 417 g/mol. The number of hydrogen-bond donors (Lipinski definition) is 0. The largest absolute Gasteiger partial charge is 0.416 e. The molecule has 0 saturated carbocycles. The minimum atomic E-state index is -5.16. The first kappa shape index (κ1) is 22.1. The van der Waals surface area contributed by atoms with Crippen LogP contribution < -0.4 is 0 Å². The topological polar surface area (TPSA) is 50.3 Å². The normalized spacial score (nSPS) is 14.4. The lowest BCUT2D eigenvalue weighted by Crippen LogP contribution is -2.40. The number of halogens is 7. The lowest BCUT2D eigenvalue weighted by Gasteiger charge is -2.30. The molecular formula is C16H13F7N2O2S. The minimum Gasteiger partial charge on any atom is -0.260 e. The van der Waals surface area contributed by atoms with Gasteiger partial charge >= 0.3 is 12.4 Å². The van der Waals surface area contributed by atoms with E-state index in [1.54, 1.807) is 0 Å². The SMILES string of the molecule is Cc1cc(C(N(C)S(=O)(=O)c2cncc(F)c2)C(F)(F)F)ccc1C(F)(F)F. The summed E-state index contributed by atoms with van der Waals surface area (Å²) in [6, 6.07) is -0.667. The van der Waals surface area contributed by atoms with Gasteiger partial charge in [0.15, 0.2) is 0 Å². The van der Waals surface area contributed by atoms with Crippen LogP contribution in [-0.2, 0) is 16.2 Å². The van der Waals surface area contributed by atoms with Crippen LogP contribution in [0.3, 0.4) is 0 Å². The highest BCUT2D eigenvalue weighted by atomic mass is 32.2. The quantitative estimate of drug-likeness (QED) is 0.673. The van der Waals surface area contributed by atoms with Gasteiger partial charge < -0.3 is 0 Å². The van der Waals surface area contributed by atoms with Crippen molar-refractivity contribution in [3.8, 4) is 0 Å². The maximum atomic E-state index is 13.6. The molecule has 1 unspecified atom stereocenters. The van der Waals surface area contributed by atoms with Gasteiger partial charge in [-0.05, 0) is 30.2 Å². The molecule has 2 aromatic rings. The average molecular weight is 430 g/mol. The van der Waals surface area contributed by atoms with Gasteiger partial charge in [0.1, 0.15) is 16.8 Å². The highest BCUT2D eigenvalue weighted by Gasteiger charge is 2.48. The Morgan fingerprint density at radius 1 is 1.04 bits per heavy atom. The van der Waals surface area contributed by atoms with Gasteiger partial charge in [0.2, 0.25) is 10.0 Å². The predicted octanol–water partition coefficient (Wildman–Crippen LogP) is 4.47. The molecule has 0 fully saturated rings. The maximum absolute atomic E-state index is 13.6. The molecule has 2 rings (SSSR count). The van der Waals surface area contributed by atoms with Gasteiger partial charge in [-0.2, -0.15) is 30.6 Å². The van der Waals surface area contributed by atoms with Crippen LogP contribution in [0.25, 0.3) is 0 Å². The second-order valence-electron chi connectivity index (χ2n) is 5.88. The highest BCUT2D eigenvalue weighted by Crippen LogP contribution is 2.41. The molecule has 1 aromatic heterocycles. The summed E-state index contributed by atoms with van der Waals surface area (Å²) in [5, 5.41) is 0. The Morgan fingerprint density at radius 3 is 2.11 bits per heavy atom. The van der Waals surface area contributed by atoms with Crippen LogP contribution >= 0.6 is 0 Å². The van der Waals surface area contributed by atoms with Crippen molar-refractivity contribution < 1.29 is 39.2 Å². The zero-order valence-corrected chi connectivity index (χ0v) is 15.1. The third-order valence-electron chi connectivity index (χ3n) is 3.90. The van der Waals surface area contributed by atoms with Crippen LogP contribution in [0.5, 0.6) is 0 Å². The van der Waals surface area contributed by atoms with Crippen LogP contribution in [0.15, 0.2) is 41.6 Å². The molecule has 4 nitrogen and oxygen atoms in total. The summed E-state index contributed by atoms with van der Waals surface area (Å²) < 4.78 is 118. The Balaban J connectivity index is 2.58. The number of nitrogens with zero attached hydrogens (tertiary/aromatic N) is 2. The van der Waals surface area contributed by atoms with E-state index in [1.165, 1.54) is 0 Å². The van der Waals surface area contributed by atoms with Crippen molar-refractivity contribution in [1.82, 2.24) is 9.29 Å². The van der Waals surface area contributed by atoms with Gasteiger partial charge in [-0.15, -0.1) is 0 Å². The molecule has 0 aliphatic rings. The van der Waals surface area contributed by atoms with Crippen LogP contribution in [0, 0.1) is 12.7 Å². The number of aryl methyl sites for hydroxylation is 1. The second kappa shape index (κ2) is 7.32. The molecule has 0 aliphatic carbocycles. The zero-order valence-electron chi connectivity index (χ0n) is 14.3. The van der Waals surface area contributed by atoms with Crippen LogP contribution in [0.2, 0.25) is 0 Å². The van der Waals surface area contributed by atoms with Crippen molar-refractivity contribution in [1.29, 1.82) is 0 Å². The summed E-state index contributed by atoms with van der Waals surface area (Å²) >= 11 is 0. The molecule has 154 valence electrons. The van der Waals surface area contributed by atoms with Crippen LogP contribution in [0.4, 0.5) is 30.7 Å². The first-order valence-corrected chi connectivity index (χ1v) is 8.92. The first-order chi connectivity index (χ1) is 12.7. The third kappa shape index (κ3) is 4.43. The van der Waals surface area contributed by atoms with Gasteiger partial charge in [0, 0.05) is 13.2 Å². The standard InChI is InChI=1S/C16H13F7N2O2S/c1-9-5-10(3-4-13(9)15(18,19)20)14(16(21,22)23)25(2)28(26,27)12-6-11(17)7-24-8-12/h3-8,14H,1-2H3. The minimum absolute atomic E-state index is 0.0779. The van der Waals surface area contributed by atoms with E-state index in [0.29, 0.717) is 43.7 Å². The summed E-state index contributed by atoms with van der Waals surface area (Å²) in [5.41, 5.74) is -2.36. The Morgan fingerprint density at radius 2 is 1.64 bits per heavy atom. The van der Waals surface area contributed by atoms with Crippen LogP contribution in [0.1, 0.15) is 22.7 Å². The van der Waals surface area contributed by atoms with E-state index in [2.05, 4.69) is 4.98 Å². The zero-order chi connectivity index (χ0) is 21.5. The van der Waals surface area contributed by atoms with Gasteiger partial charge in [-0.25, -0.2) is 12.8 Å². The van der Waals surface area contributed by atoms with E-state index in [0.717, 1.165) is 6.92 Å². The van der Waals surface area contributed by atoms with Crippen molar-refractivity contribution in [3.05, 3.63) is 59.2 Å². The fourth-order valence-electron chi connectivity index (χ4n) is 2.62. The van der Waals surface area contributed by atoms with Crippen molar-refractivity contribution in [2.75, 3.05) is 7.05 Å².